The van der Waals surface area contributed by atoms with Gasteiger partial charge in [0.05, 0.1) is 13.2 Å². The monoisotopic (exact) mass is 252 g/mol. The van der Waals surface area contributed by atoms with Gasteiger partial charge in [0, 0.05) is 5.41 Å². The fourth-order valence-electron chi connectivity index (χ4n) is 5.07. The van der Waals surface area contributed by atoms with Gasteiger partial charge >= 0.3 is 0 Å². The summed E-state index contributed by atoms with van der Waals surface area (Å²) in [5.74, 6) is 2.99. The number of ketones is 1. The van der Waals surface area contributed by atoms with Crippen LogP contribution in [-0.2, 0) is 4.79 Å². The van der Waals surface area contributed by atoms with Gasteiger partial charge in [-0.1, -0.05) is 12.8 Å². The number of nitrogens with two attached hydrogens (primary N) is 1. The first kappa shape index (κ1) is 12.6. The quantitative estimate of drug-likeness (QED) is 0.708. The fourth-order valence-corrected chi connectivity index (χ4v) is 5.07. The summed E-state index contributed by atoms with van der Waals surface area (Å²) in [5.41, 5.74) is 0.0406. The van der Waals surface area contributed by atoms with Crippen LogP contribution < -0.4 is 5.32 Å². The topological polar surface area (TPSA) is 53.9 Å². The molecular weight excluding hydrogens is 226 g/mol. The highest BCUT2D eigenvalue weighted by Crippen LogP contribution is 2.57. The number of fused-ring (bicyclic) bond motifs is 1. The maximum Gasteiger partial charge on any atom is 0.192 e. The lowest BCUT2D eigenvalue weighted by molar-refractivity contribution is -0.645. The maximum absolute atomic E-state index is 12.6. The van der Waals surface area contributed by atoms with Gasteiger partial charge in [-0.15, -0.1) is 0 Å². The smallest absolute Gasteiger partial charge is 0.192 e. The number of aliphatic hydroxyl groups excluding tert-OH is 1. The Balaban J connectivity index is 1.71. The van der Waals surface area contributed by atoms with Crippen molar-refractivity contribution in [1.29, 1.82) is 0 Å². The van der Waals surface area contributed by atoms with Gasteiger partial charge in [-0.3, -0.25) is 4.79 Å². The van der Waals surface area contributed by atoms with E-state index in [0.29, 0.717) is 18.9 Å². The molecule has 0 spiro atoms. The number of Topliss-reactive ketones (excluding diaryl/α,β-unsaturated/α-hetero) is 1. The Morgan fingerprint density at radius 1 is 1.11 bits per heavy atom. The van der Waals surface area contributed by atoms with Crippen LogP contribution in [0.3, 0.4) is 0 Å². The van der Waals surface area contributed by atoms with Crippen LogP contribution in [0.1, 0.15) is 44.9 Å². The SMILES string of the molecule is O=C(C[NH2+]CCO)C12CC3C[C@@H](CC[C@@H](C3)C1)C2. The van der Waals surface area contributed by atoms with E-state index in [-0.39, 0.29) is 12.0 Å². The molecular formula is C15H26NO2+. The molecule has 4 fully saturated rings. The molecule has 0 aromatic carbocycles. The highest BCUT2D eigenvalue weighted by atomic mass is 16.3. The summed E-state index contributed by atoms with van der Waals surface area (Å²) in [7, 11) is 0. The summed E-state index contributed by atoms with van der Waals surface area (Å²) >= 11 is 0. The van der Waals surface area contributed by atoms with Crippen LogP contribution in [0.15, 0.2) is 0 Å². The van der Waals surface area contributed by atoms with Crippen molar-refractivity contribution >= 4 is 5.78 Å². The predicted octanol–water partition coefficient (Wildman–Crippen LogP) is 0.718. The minimum absolute atomic E-state index is 0.0406. The predicted molar refractivity (Wildman–Crippen MR) is 69.0 cm³/mol. The summed E-state index contributed by atoms with van der Waals surface area (Å²) in [4.78, 5) is 12.6. The van der Waals surface area contributed by atoms with E-state index in [4.69, 9.17) is 5.11 Å². The Morgan fingerprint density at radius 2 is 1.72 bits per heavy atom. The van der Waals surface area contributed by atoms with Crippen molar-refractivity contribution in [3.05, 3.63) is 0 Å². The summed E-state index contributed by atoms with van der Waals surface area (Å²) in [6.07, 6.45) is 9.05. The van der Waals surface area contributed by atoms with E-state index in [1.807, 2.05) is 5.32 Å². The molecule has 3 nitrogen and oxygen atoms in total. The molecule has 102 valence electrons. The molecule has 0 saturated heterocycles. The Bertz CT molecular complexity index is 312. The molecule has 18 heavy (non-hydrogen) atoms. The highest BCUT2D eigenvalue weighted by Gasteiger charge is 2.52. The molecule has 4 aliphatic carbocycles. The first-order valence-corrected chi connectivity index (χ1v) is 7.68. The van der Waals surface area contributed by atoms with Gasteiger partial charge < -0.3 is 10.4 Å². The number of quaternary nitrogens is 1. The maximum atomic E-state index is 12.6. The molecule has 4 atom stereocenters. The van der Waals surface area contributed by atoms with E-state index in [9.17, 15) is 4.79 Å². The Kier molecular flexibility index (Phi) is 3.46. The van der Waals surface area contributed by atoms with Crippen molar-refractivity contribution in [1.82, 2.24) is 0 Å². The second-order valence-electron chi connectivity index (χ2n) is 6.97. The molecule has 3 N–H and O–H groups in total. The number of carbonyl (C=O) groups excluding carboxylic acids is 1. The Hall–Kier alpha value is -0.410. The lowest BCUT2D eigenvalue weighted by Crippen LogP contribution is -2.87. The molecule has 0 aromatic heterocycles. The minimum Gasteiger partial charge on any atom is -0.391 e. The number of hydrogen-bond acceptors (Lipinski definition) is 2. The van der Waals surface area contributed by atoms with E-state index >= 15 is 0 Å². The van der Waals surface area contributed by atoms with Crippen LogP contribution in [0.5, 0.6) is 0 Å². The van der Waals surface area contributed by atoms with Crippen molar-refractivity contribution in [3.8, 4) is 0 Å². The van der Waals surface area contributed by atoms with Crippen molar-refractivity contribution in [2.75, 3.05) is 19.7 Å². The Labute approximate surface area is 109 Å². The number of rotatable bonds is 5. The van der Waals surface area contributed by atoms with Crippen LogP contribution in [0.4, 0.5) is 0 Å². The van der Waals surface area contributed by atoms with Crippen molar-refractivity contribution in [2.24, 2.45) is 23.2 Å². The van der Waals surface area contributed by atoms with Crippen LogP contribution in [0.25, 0.3) is 0 Å². The van der Waals surface area contributed by atoms with Crippen molar-refractivity contribution < 1.29 is 15.2 Å². The lowest BCUT2D eigenvalue weighted by Gasteiger charge is -2.46. The van der Waals surface area contributed by atoms with E-state index in [1.165, 1.54) is 44.9 Å². The average Bonchev–Trinajstić information content (AvgIpc) is 2.56. The largest absolute Gasteiger partial charge is 0.391 e. The first-order valence-electron chi connectivity index (χ1n) is 7.68. The molecule has 2 unspecified atom stereocenters. The molecule has 0 aromatic rings. The van der Waals surface area contributed by atoms with E-state index in [0.717, 1.165) is 17.8 Å². The third kappa shape index (κ3) is 2.23. The average molecular weight is 252 g/mol. The molecule has 0 heterocycles. The number of hydrogen-bond donors (Lipinski definition) is 2. The zero-order valence-electron chi connectivity index (χ0n) is 11.2. The number of aliphatic hydroxyl groups is 1. The van der Waals surface area contributed by atoms with Gasteiger partial charge in [0.1, 0.15) is 6.54 Å². The minimum atomic E-state index is 0.0406. The molecule has 4 bridgehead atoms. The second kappa shape index (κ2) is 4.93. The van der Waals surface area contributed by atoms with Gasteiger partial charge in [-0.2, -0.15) is 0 Å². The van der Waals surface area contributed by atoms with Gasteiger partial charge in [0.25, 0.3) is 0 Å². The van der Waals surface area contributed by atoms with E-state index in [2.05, 4.69) is 0 Å². The van der Waals surface area contributed by atoms with Gasteiger partial charge in [0.15, 0.2) is 5.78 Å². The third-order valence-corrected chi connectivity index (χ3v) is 5.61. The molecule has 3 heteroatoms. The lowest BCUT2D eigenvalue weighted by atomic mass is 9.57. The molecule has 0 amide bonds. The van der Waals surface area contributed by atoms with Gasteiger partial charge in [0.2, 0.25) is 0 Å². The van der Waals surface area contributed by atoms with Crippen molar-refractivity contribution in [2.45, 2.75) is 44.9 Å². The second-order valence-corrected chi connectivity index (χ2v) is 6.97. The molecule has 0 aliphatic heterocycles. The van der Waals surface area contributed by atoms with Crippen LogP contribution in [-0.4, -0.2) is 30.6 Å². The van der Waals surface area contributed by atoms with E-state index in [1.54, 1.807) is 0 Å². The standard InChI is InChI=1S/C15H25NO2/c17-4-3-16-10-14(18)15-7-11-1-2-12(8-15)6-13(5-11)9-15/h11-13,16-17H,1-10H2/p+1/t11-,12+,13?,15?. The molecule has 4 rings (SSSR count). The van der Waals surface area contributed by atoms with Crippen LogP contribution >= 0.6 is 0 Å². The molecule has 4 saturated carbocycles. The Morgan fingerprint density at radius 3 is 2.33 bits per heavy atom. The fraction of sp³-hybridized carbons (Fsp3) is 0.933. The van der Waals surface area contributed by atoms with Gasteiger partial charge in [-0.25, -0.2) is 0 Å². The first-order chi connectivity index (χ1) is 8.72. The summed E-state index contributed by atoms with van der Waals surface area (Å²) in [6.45, 7) is 1.43. The third-order valence-electron chi connectivity index (χ3n) is 5.61. The zero-order chi connectivity index (χ0) is 12.6. The number of carbonyl (C=O) groups is 1. The normalized spacial score (nSPS) is 41.9. The summed E-state index contributed by atoms with van der Waals surface area (Å²) in [5, 5.41) is 10.8. The van der Waals surface area contributed by atoms with E-state index < -0.39 is 0 Å². The van der Waals surface area contributed by atoms with Crippen molar-refractivity contribution in [3.63, 3.8) is 0 Å². The highest BCUT2D eigenvalue weighted by molar-refractivity contribution is 5.86. The molecule has 4 aliphatic rings. The summed E-state index contributed by atoms with van der Waals surface area (Å²) < 4.78 is 0. The zero-order valence-corrected chi connectivity index (χ0v) is 11.2. The molecule has 0 radical (unpaired) electrons. The van der Waals surface area contributed by atoms with Crippen LogP contribution in [0, 0.1) is 23.2 Å². The van der Waals surface area contributed by atoms with Crippen LogP contribution in [0.2, 0.25) is 0 Å². The summed E-state index contributed by atoms with van der Waals surface area (Å²) in [6, 6.07) is 0. The van der Waals surface area contributed by atoms with Gasteiger partial charge in [-0.05, 0) is 49.9 Å².